The van der Waals surface area contributed by atoms with Crippen LogP contribution in [-0.4, -0.2) is 13.0 Å². The first-order valence-electron chi connectivity index (χ1n) is 8.67. The molecule has 4 heteroatoms. The second-order valence-electron chi connectivity index (χ2n) is 6.18. The van der Waals surface area contributed by atoms with Gasteiger partial charge in [-0.1, -0.05) is 60.7 Å². The van der Waals surface area contributed by atoms with Crippen LogP contribution in [0.2, 0.25) is 0 Å². The molecule has 0 aromatic heterocycles. The largest absolute Gasteiger partial charge is 0.496 e. The van der Waals surface area contributed by atoms with Crippen LogP contribution in [0.1, 0.15) is 24.1 Å². The molecule has 134 valence electrons. The number of ether oxygens (including phenoxy) is 1. The van der Waals surface area contributed by atoms with Crippen molar-refractivity contribution in [3.8, 4) is 11.8 Å². The lowest BCUT2D eigenvalue weighted by molar-refractivity contribution is -0.117. The highest BCUT2D eigenvalue weighted by molar-refractivity contribution is 6.05. The molecular weight excluding hydrogens is 336 g/mol. The minimum atomic E-state index is -0.413. The molecule has 0 saturated heterocycles. The van der Waals surface area contributed by atoms with Gasteiger partial charge in [0.15, 0.2) is 0 Å². The molecule has 0 aliphatic carbocycles. The van der Waals surface area contributed by atoms with E-state index in [4.69, 9.17) is 4.74 Å². The number of carbonyl (C=O) groups excluding carboxylic acids is 1. The van der Waals surface area contributed by atoms with Crippen molar-refractivity contribution in [2.75, 3.05) is 7.11 Å². The fourth-order valence-electron chi connectivity index (χ4n) is 2.99. The number of nitrogens with zero attached hydrogens (tertiary/aromatic N) is 1. The molecule has 0 heterocycles. The highest BCUT2D eigenvalue weighted by Crippen LogP contribution is 2.30. The molecule has 3 aromatic rings. The predicted octanol–water partition coefficient (Wildman–Crippen LogP) is 4.63. The highest BCUT2D eigenvalue weighted by Gasteiger charge is 2.15. The van der Waals surface area contributed by atoms with Gasteiger partial charge in [0.1, 0.15) is 17.4 Å². The molecule has 0 radical (unpaired) electrons. The van der Waals surface area contributed by atoms with Gasteiger partial charge in [0.2, 0.25) is 0 Å². The van der Waals surface area contributed by atoms with Crippen molar-refractivity contribution in [1.29, 1.82) is 5.26 Å². The summed E-state index contributed by atoms with van der Waals surface area (Å²) in [5.41, 5.74) is 1.73. The monoisotopic (exact) mass is 356 g/mol. The lowest BCUT2D eigenvalue weighted by Crippen LogP contribution is -2.27. The number of carbonyl (C=O) groups is 1. The summed E-state index contributed by atoms with van der Waals surface area (Å²) in [6, 6.07) is 23.0. The van der Waals surface area contributed by atoms with Crippen molar-refractivity contribution in [3.63, 3.8) is 0 Å². The first-order chi connectivity index (χ1) is 13.1. The highest BCUT2D eigenvalue weighted by atomic mass is 16.5. The summed E-state index contributed by atoms with van der Waals surface area (Å²) in [6.45, 7) is 1.89. The third-order valence-corrected chi connectivity index (χ3v) is 4.45. The number of hydrogen-bond donors (Lipinski definition) is 1. The minimum Gasteiger partial charge on any atom is -0.496 e. The van der Waals surface area contributed by atoms with E-state index in [0.29, 0.717) is 5.75 Å². The zero-order valence-corrected chi connectivity index (χ0v) is 15.3. The first kappa shape index (κ1) is 18.2. The number of benzene rings is 3. The molecule has 1 N–H and O–H groups in total. The molecular formula is C23H20N2O2. The zero-order valence-electron chi connectivity index (χ0n) is 15.3. The molecule has 0 saturated carbocycles. The summed E-state index contributed by atoms with van der Waals surface area (Å²) in [4.78, 5) is 12.7. The Morgan fingerprint density at radius 2 is 1.78 bits per heavy atom. The van der Waals surface area contributed by atoms with E-state index in [1.165, 1.54) is 0 Å². The van der Waals surface area contributed by atoms with Gasteiger partial charge in [0.05, 0.1) is 13.2 Å². The van der Waals surface area contributed by atoms with Crippen LogP contribution >= 0.6 is 0 Å². The van der Waals surface area contributed by atoms with Crippen LogP contribution in [0.3, 0.4) is 0 Å². The van der Waals surface area contributed by atoms with Crippen LogP contribution in [0.15, 0.2) is 72.3 Å². The van der Waals surface area contributed by atoms with E-state index in [2.05, 4.69) is 5.32 Å². The summed E-state index contributed by atoms with van der Waals surface area (Å²) in [5.74, 6) is 0.203. The molecule has 1 atom stereocenters. The Hall–Kier alpha value is -3.58. The Morgan fingerprint density at radius 1 is 1.07 bits per heavy atom. The molecule has 0 aliphatic rings. The SMILES string of the molecule is COc1ccc2ccccc2c1/C=C(\C#N)C(=O)N[C@@H](C)c1ccccc1. The molecule has 27 heavy (non-hydrogen) atoms. The van der Waals surface area contributed by atoms with Crippen molar-refractivity contribution in [3.05, 3.63) is 83.4 Å². The number of amides is 1. The van der Waals surface area contributed by atoms with Gasteiger partial charge in [-0.05, 0) is 35.4 Å². The molecule has 0 unspecified atom stereocenters. The number of nitriles is 1. The maximum absolute atomic E-state index is 12.7. The average Bonchev–Trinajstić information content (AvgIpc) is 2.72. The van der Waals surface area contributed by atoms with Gasteiger partial charge in [0, 0.05) is 5.56 Å². The van der Waals surface area contributed by atoms with Crippen LogP contribution in [0, 0.1) is 11.3 Å². The number of nitrogens with one attached hydrogen (secondary N) is 1. The molecule has 4 nitrogen and oxygen atoms in total. The lowest BCUT2D eigenvalue weighted by Gasteiger charge is -2.14. The Balaban J connectivity index is 1.96. The third kappa shape index (κ3) is 3.99. The van der Waals surface area contributed by atoms with Crippen LogP contribution < -0.4 is 10.1 Å². The van der Waals surface area contributed by atoms with Crippen molar-refractivity contribution in [2.24, 2.45) is 0 Å². The van der Waals surface area contributed by atoms with Gasteiger partial charge in [0.25, 0.3) is 5.91 Å². The number of methoxy groups -OCH3 is 1. The fraction of sp³-hybridized carbons (Fsp3) is 0.130. The Morgan fingerprint density at radius 3 is 2.48 bits per heavy atom. The molecule has 3 aromatic carbocycles. The normalized spacial score (nSPS) is 12.3. The first-order valence-corrected chi connectivity index (χ1v) is 8.67. The van der Waals surface area contributed by atoms with Gasteiger partial charge in [-0.2, -0.15) is 5.26 Å². The van der Waals surface area contributed by atoms with Crippen molar-refractivity contribution < 1.29 is 9.53 Å². The van der Waals surface area contributed by atoms with E-state index < -0.39 is 5.91 Å². The Labute approximate surface area is 158 Å². The summed E-state index contributed by atoms with van der Waals surface area (Å²) >= 11 is 0. The maximum Gasteiger partial charge on any atom is 0.262 e. The Kier molecular flexibility index (Phi) is 5.53. The number of hydrogen-bond acceptors (Lipinski definition) is 3. The molecule has 1 amide bonds. The molecule has 3 rings (SSSR count). The summed E-state index contributed by atoms with van der Waals surface area (Å²) in [7, 11) is 1.57. The summed E-state index contributed by atoms with van der Waals surface area (Å²) < 4.78 is 5.44. The summed E-state index contributed by atoms with van der Waals surface area (Å²) in [5, 5.41) is 14.4. The molecule has 0 bridgehead atoms. The quantitative estimate of drug-likeness (QED) is 0.535. The molecule has 0 spiro atoms. The minimum absolute atomic E-state index is 0.0347. The van der Waals surface area contributed by atoms with E-state index in [-0.39, 0.29) is 11.6 Å². The van der Waals surface area contributed by atoms with E-state index in [1.54, 1.807) is 13.2 Å². The van der Waals surface area contributed by atoms with Crippen molar-refractivity contribution in [2.45, 2.75) is 13.0 Å². The third-order valence-electron chi connectivity index (χ3n) is 4.45. The van der Waals surface area contributed by atoms with Gasteiger partial charge in [-0.3, -0.25) is 4.79 Å². The van der Waals surface area contributed by atoms with Gasteiger partial charge in [-0.15, -0.1) is 0 Å². The average molecular weight is 356 g/mol. The van der Waals surface area contributed by atoms with Crippen molar-refractivity contribution >= 4 is 22.8 Å². The van der Waals surface area contributed by atoms with E-state index >= 15 is 0 Å². The summed E-state index contributed by atoms with van der Waals surface area (Å²) in [6.07, 6.45) is 1.59. The standard InChI is InChI=1S/C23H20N2O2/c1-16(17-8-4-3-5-9-17)25-23(26)19(15-24)14-21-20-11-7-6-10-18(20)12-13-22(21)27-2/h3-14,16H,1-2H3,(H,25,26)/b19-14+/t16-/m0/s1. The van der Waals surface area contributed by atoms with E-state index in [1.807, 2.05) is 79.7 Å². The predicted molar refractivity (Wildman–Crippen MR) is 107 cm³/mol. The topological polar surface area (TPSA) is 62.1 Å². The van der Waals surface area contributed by atoms with Crippen LogP contribution in [0.5, 0.6) is 5.75 Å². The van der Waals surface area contributed by atoms with Gasteiger partial charge in [-0.25, -0.2) is 0 Å². The van der Waals surface area contributed by atoms with E-state index in [0.717, 1.165) is 21.9 Å². The number of rotatable bonds is 5. The Bertz CT molecular complexity index is 1030. The second-order valence-corrected chi connectivity index (χ2v) is 6.18. The fourth-order valence-corrected chi connectivity index (χ4v) is 2.99. The van der Waals surface area contributed by atoms with E-state index in [9.17, 15) is 10.1 Å². The zero-order chi connectivity index (χ0) is 19.2. The second kappa shape index (κ2) is 8.20. The van der Waals surface area contributed by atoms with Crippen LogP contribution in [-0.2, 0) is 4.79 Å². The lowest BCUT2D eigenvalue weighted by atomic mass is 10.0. The molecule has 0 fully saturated rings. The van der Waals surface area contributed by atoms with Crippen LogP contribution in [0.25, 0.3) is 16.8 Å². The number of fused-ring (bicyclic) bond motifs is 1. The smallest absolute Gasteiger partial charge is 0.262 e. The molecule has 0 aliphatic heterocycles. The van der Waals surface area contributed by atoms with Gasteiger partial charge < -0.3 is 10.1 Å². The maximum atomic E-state index is 12.7. The van der Waals surface area contributed by atoms with Crippen LogP contribution in [0.4, 0.5) is 0 Å². The van der Waals surface area contributed by atoms with Gasteiger partial charge >= 0.3 is 0 Å². The van der Waals surface area contributed by atoms with Crippen molar-refractivity contribution in [1.82, 2.24) is 5.32 Å².